The average Bonchev–Trinajstić information content (AvgIpc) is 2.38. The Hall–Kier alpha value is -0.757. The van der Waals surface area contributed by atoms with E-state index in [0.29, 0.717) is 0 Å². The molecule has 12 heavy (non-hydrogen) atoms. The van der Waals surface area contributed by atoms with Crippen molar-refractivity contribution >= 4 is 9.76 Å². The number of aryl methyl sites for hydroxylation is 2. The van der Waals surface area contributed by atoms with Gasteiger partial charge in [-0.05, 0) is 0 Å². The summed E-state index contributed by atoms with van der Waals surface area (Å²) in [4.78, 5) is 22.7. The molecule has 4 heteroatoms. The van der Waals surface area contributed by atoms with E-state index < -0.39 is 16.2 Å². The average molecular weight is 253 g/mol. The van der Waals surface area contributed by atoms with Crippen molar-refractivity contribution in [1.29, 1.82) is 0 Å². The molecule has 0 amide bonds. The van der Waals surface area contributed by atoms with E-state index in [1.807, 2.05) is 29.3 Å². The van der Waals surface area contributed by atoms with Crippen LogP contribution in [0.15, 0.2) is 12.1 Å². The Morgan fingerprint density at radius 2 is 1.58 bits per heavy atom. The van der Waals surface area contributed by atoms with E-state index in [-0.39, 0.29) is 0 Å². The number of hydrogen-bond donors (Lipinski definition) is 0. The monoisotopic (exact) mass is 254 g/mol. The maximum atomic E-state index is 10.6. The molecular weight excluding hydrogens is 243 g/mol. The van der Waals surface area contributed by atoms with Crippen LogP contribution in [0.25, 0.3) is 0 Å². The molecule has 0 saturated heterocycles. The third-order valence-corrected chi connectivity index (χ3v) is 4.48. The predicted octanol–water partition coefficient (Wildman–Crippen LogP) is 0.867. The zero-order valence-corrected chi connectivity index (χ0v) is 8.66. The first kappa shape index (κ1) is 9.33. The summed E-state index contributed by atoms with van der Waals surface area (Å²) in [6, 6.07) is 3.84. The normalized spacial score (nSPS) is 11.0. The van der Waals surface area contributed by atoms with Gasteiger partial charge in [-0.15, -0.1) is 0 Å². The molecule has 0 saturated carbocycles. The van der Waals surface area contributed by atoms with Gasteiger partial charge in [0, 0.05) is 0 Å². The summed E-state index contributed by atoms with van der Waals surface area (Å²) >= 11 is -2.07. The van der Waals surface area contributed by atoms with Gasteiger partial charge >= 0.3 is 76.2 Å². The van der Waals surface area contributed by atoms with Gasteiger partial charge in [-0.2, -0.15) is 0 Å². The van der Waals surface area contributed by atoms with Gasteiger partial charge in [-0.25, -0.2) is 0 Å². The van der Waals surface area contributed by atoms with E-state index in [1.54, 1.807) is 0 Å². The van der Waals surface area contributed by atoms with E-state index in [4.69, 9.17) is 0 Å². The number of aromatic nitrogens is 1. The van der Waals surface area contributed by atoms with E-state index in [0.717, 1.165) is 21.1 Å². The summed E-state index contributed by atoms with van der Waals surface area (Å²) in [7, 11) is 0. The minimum atomic E-state index is -2.07. The number of hydrogen-bond acceptors (Lipinski definition) is 2. The number of carbonyl (C=O) groups is 2. The molecule has 0 unspecified atom stereocenters. The molecule has 1 rings (SSSR count). The van der Waals surface area contributed by atoms with Crippen LogP contribution in [0.4, 0.5) is 0 Å². The molecule has 1 heterocycles. The second-order valence-corrected chi connectivity index (χ2v) is 5.43. The van der Waals surface area contributed by atoms with Gasteiger partial charge in [0.2, 0.25) is 0 Å². The Kier molecular flexibility index (Phi) is 2.93. The molecule has 3 nitrogen and oxygen atoms in total. The van der Waals surface area contributed by atoms with Gasteiger partial charge in [-0.1, -0.05) is 0 Å². The second kappa shape index (κ2) is 3.77. The van der Waals surface area contributed by atoms with E-state index in [1.165, 1.54) is 0 Å². The van der Waals surface area contributed by atoms with E-state index in [2.05, 4.69) is 0 Å². The van der Waals surface area contributed by atoms with Crippen LogP contribution < -0.4 is 0 Å². The number of rotatable bonds is 3. The summed E-state index contributed by atoms with van der Waals surface area (Å²) in [6.07, 6.45) is 0. The van der Waals surface area contributed by atoms with Crippen LogP contribution >= 0.6 is 0 Å². The quantitative estimate of drug-likeness (QED) is 0.592. The molecule has 67 valence electrons. The Morgan fingerprint density at radius 3 is 1.92 bits per heavy atom. The fraction of sp³-hybridized carbons (Fsp3) is 0.250. The summed E-state index contributed by atoms with van der Waals surface area (Å²) in [5.41, 5.74) is 1.98. The molecule has 0 fully saturated rings. The van der Waals surface area contributed by atoms with Crippen LogP contribution in [0.1, 0.15) is 11.4 Å². The molecule has 0 aliphatic carbocycles. The molecule has 0 N–H and O–H groups in total. The second-order valence-electron chi connectivity index (χ2n) is 2.35. The van der Waals surface area contributed by atoms with Crippen molar-refractivity contribution in [3.05, 3.63) is 23.5 Å². The van der Waals surface area contributed by atoms with Crippen molar-refractivity contribution in [1.82, 2.24) is 3.31 Å². The first-order valence-corrected chi connectivity index (χ1v) is 6.18. The van der Waals surface area contributed by atoms with Gasteiger partial charge in [0.05, 0.1) is 0 Å². The Bertz CT molecular complexity index is 279. The van der Waals surface area contributed by atoms with Gasteiger partial charge in [0.25, 0.3) is 0 Å². The number of carbonyl (C=O) groups excluding carboxylic acids is 2. The summed E-state index contributed by atoms with van der Waals surface area (Å²) in [6.45, 7) is 3.81. The standard InChI is InChI=1S/C6H8N.2CHO.Ru/c1-5-3-4-6(2)7-5;2*1-2;/h3-4H,1-2H3;2*1H;/q-1;;;+1. The van der Waals surface area contributed by atoms with Crippen LogP contribution in [0.3, 0.4) is 0 Å². The van der Waals surface area contributed by atoms with Crippen molar-refractivity contribution in [3.63, 3.8) is 0 Å². The van der Waals surface area contributed by atoms with Crippen molar-refractivity contribution < 1.29 is 25.8 Å². The molecule has 0 atom stereocenters. The molecule has 0 aromatic carbocycles. The molecule has 0 bridgehead atoms. The van der Waals surface area contributed by atoms with Crippen molar-refractivity contribution in [2.45, 2.75) is 13.8 Å². The van der Waals surface area contributed by atoms with Gasteiger partial charge in [0.1, 0.15) is 0 Å². The van der Waals surface area contributed by atoms with Gasteiger partial charge in [0.15, 0.2) is 0 Å². The summed E-state index contributed by atoms with van der Waals surface area (Å²) in [5.74, 6) is 0. The molecule has 1 aromatic heterocycles. The van der Waals surface area contributed by atoms with Crippen molar-refractivity contribution in [3.8, 4) is 0 Å². The van der Waals surface area contributed by atoms with Gasteiger partial charge in [-0.3, -0.25) is 0 Å². The van der Waals surface area contributed by atoms with Gasteiger partial charge < -0.3 is 0 Å². The van der Waals surface area contributed by atoms with Crippen molar-refractivity contribution in [2.24, 2.45) is 0 Å². The van der Waals surface area contributed by atoms with Crippen LogP contribution in [-0.2, 0) is 25.8 Å². The topological polar surface area (TPSA) is 39.1 Å². The molecular formula is C8H10NO2Ru. The van der Waals surface area contributed by atoms with Crippen LogP contribution in [0.2, 0.25) is 0 Å². The Morgan fingerprint density at radius 1 is 1.17 bits per heavy atom. The number of nitrogens with zero attached hydrogens (tertiary/aromatic N) is 1. The Balaban J connectivity index is 3.14. The summed E-state index contributed by atoms with van der Waals surface area (Å²) in [5, 5.41) is 0. The third kappa shape index (κ3) is 1.53. The first-order chi connectivity index (χ1) is 5.70. The fourth-order valence-corrected chi connectivity index (χ4v) is 3.17. The molecule has 0 aliphatic heterocycles. The van der Waals surface area contributed by atoms with Crippen LogP contribution in [0, 0.1) is 13.8 Å². The zero-order chi connectivity index (χ0) is 9.14. The predicted molar refractivity (Wildman–Crippen MR) is 42.8 cm³/mol. The fourth-order valence-electron chi connectivity index (χ4n) is 1.03. The molecule has 0 radical (unpaired) electrons. The SMILES string of the molecule is Cc1ccc(C)[n]1[Ru]([CH]=O)[CH]=O. The van der Waals surface area contributed by atoms with Crippen LogP contribution in [0.5, 0.6) is 0 Å². The molecule has 0 aliphatic rings. The first-order valence-electron chi connectivity index (χ1n) is 3.40. The third-order valence-electron chi connectivity index (χ3n) is 1.52. The molecule has 0 spiro atoms. The van der Waals surface area contributed by atoms with E-state index >= 15 is 0 Å². The summed E-state index contributed by atoms with van der Waals surface area (Å²) < 4.78 is 1.85. The van der Waals surface area contributed by atoms with Crippen LogP contribution in [-0.4, -0.2) is 13.1 Å². The van der Waals surface area contributed by atoms with Crippen molar-refractivity contribution in [2.75, 3.05) is 0 Å². The minimum absolute atomic E-state index is 0.789. The zero-order valence-electron chi connectivity index (χ0n) is 6.93. The molecule has 1 aromatic rings. The maximum absolute atomic E-state index is 10.6. The Labute approximate surface area is 76.5 Å². The van der Waals surface area contributed by atoms with E-state index in [9.17, 15) is 9.59 Å².